The molecule has 2 N–H and O–H groups in total. The molecular formula is C19H21N3O2. The van der Waals surface area contributed by atoms with E-state index < -0.39 is 11.9 Å². The highest BCUT2D eigenvalue weighted by atomic mass is 16.2. The van der Waals surface area contributed by atoms with Crippen LogP contribution in [0.2, 0.25) is 0 Å². The first-order valence-corrected chi connectivity index (χ1v) is 8.12. The topological polar surface area (TPSA) is 76.3 Å². The zero-order chi connectivity index (χ0) is 17.3. The number of carbonyl (C=O) groups excluding carboxylic acids is 2. The lowest BCUT2D eigenvalue weighted by Gasteiger charge is -2.22. The number of rotatable bonds is 3. The number of nitrogens with zero attached hydrogens (tertiary/aromatic N) is 2. The van der Waals surface area contributed by atoms with Crippen molar-refractivity contribution in [3.05, 3.63) is 53.3 Å². The standard InChI is InChI=1S/C19H21N3O2/c1-12-5-10-16(13(2)21-12)14-6-8-15(9-7-14)19(24)22-11-3-4-17(22)18(20)23/h5-10,17H,3-4,11H2,1-2H3,(H2,20,23)/t17-/m0/s1. The summed E-state index contributed by atoms with van der Waals surface area (Å²) in [7, 11) is 0. The van der Waals surface area contributed by atoms with E-state index in [9.17, 15) is 9.59 Å². The van der Waals surface area contributed by atoms with E-state index in [2.05, 4.69) is 4.98 Å². The summed E-state index contributed by atoms with van der Waals surface area (Å²) < 4.78 is 0. The zero-order valence-corrected chi connectivity index (χ0v) is 14.0. The van der Waals surface area contributed by atoms with Crippen molar-refractivity contribution in [2.75, 3.05) is 6.54 Å². The molecule has 1 aromatic carbocycles. The van der Waals surface area contributed by atoms with Gasteiger partial charge in [0.05, 0.1) is 0 Å². The maximum absolute atomic E-state index is 12.6. The predicted molar refractivity (Wildman–Crippen MR) is 92.4 cm³/mol. The Bertz CT molecular complexity index is 784. The molecule has 5 heteroatoms. The summed E-state index contributed by atoms with van der Waals surface area (Å²) >= 11 is 0. The van der Waals surface area contributed by atoms with Gasteiger partial charge in [0.15, 0.2) is 0 Å². The number of aryl methyl sites for hydroxylation is 2. The highest BCUT2D eigenvalue weighted by molar-refractivity contribution is 5.98. The van der Waals surface area contributed by atoms with E-state index in [-0.39, 0.29) is 5.91 Å². The van der Waals surface area contributed by atoms with E-state index in [0.29, 0.717) is 18.5 Å². The molecule has 0 aliphatic carbocycles. The molecule has 1 saturated heterocycles. The van der Waals surface area contributed by atoms with E-state index in [4.69, 9.17) is 5.73 Å². The Morgan fingerprint density at radius 2 is 1.83 bits per heavy atom. The quantitative estimate of drug-likeness (QED) is 0.942. The fourth-order valence-corrected chi connectivity index (χ4v) is 3.26. The average molecular weight is 323 g/mol. The highest BCUT2D eigenvalue weighted by Crippen LogP contribution is 2.25. The first kappa shape index (κ1) is 16.2. The van der Waals surface area contributed by atoms with E-state index in [0.717, 1.165) is 28.9 Å². The Hall–Kier alpha value is -2.69. The second kappa shape index (κ2) is 6.43. The number of amides is 2. The van der Waals surface area contributed by atoms with Crippen LogP contribution >= 0.6 is 0 Å². The highest BCUT2D eigenvalue weighted by Gasteiger charge is 2.33. The lowest BCUT2D eigenvalue weighted by molar-refractivity contribution is -0.121. The molecule has 2 amide bonds. The van der Waals surface area contributed by atoms with Gasteiger partial charge >= 0.3 is 0 Å². The molecule has 1 aromatic heterocycles. The number of hydrogen-bond donors (Lipinski definition) is 1. The van der Waals surface area contributed by atoms with Gasteiger partial charge in [-0.2, -0.15) is 0 Å². The molecule has 0 saturated carbocycles. The molecule has 1 aliphatic heterocycles. The van der Waals surface area contributed by atoms with Crippen LogP contribution in [-0.4, -0.2) is 34.3 Å². The molecule has 24 heavy (non-hydrogen) atoms. The second-order valence-corrected chi connectivity index (χ2v) is 6.22. The van der Waals surface area contributed by atoms with E-state index in [1.165, 1.54) is 0 Å². The summed E-state index contributed by atoms with van der Waals surface area (Å²) in [6.07, 6.45) is 1.46. The molecule has 2 heterocycles. The molecule has 0 bridgehead atoms. The lowest BCUT2D eigenvalue weighted by atomic mass is 10.0. The Labute approximate surface area is 141 Å². The second-order valence-electron chi connectivity index (χ2n) is 6.22. The van der Waals surface area contributed by atoms with Crippen LogP contribution in [0.4, 0.5) is 0 Å². The summed E-state index contributed by atoms with van der Waals surface area (Å²) in [4.78, 5) is 30.2. The van der Waals surface area contributed by atoms with Gasteiger partial charge in [-0.25, -0.2) is 0 Å². The van der Waals surface area contributed by atoms with Crippen LogP contribution in [0.25, 0.3) is 11.1 Å². The third-order valence-electron chi connectivity index (χ3n) is 4.51. The van der Waals surface area contributed by atoms with E-state index >= 15 is 0 Å². The number of aromatic nitrogens is 1. The molecule has 1 aliphatic rings. The Balaban J connectivity index is 1.84. The van der Waals surface area contributed by atoms with Crippen LogP contribution in [0.3, 0.4) is 0 Å². The van der Waals surface area contributed by atoms with Crippen LogP contribution in [0.1, 0.15) is 34.6 Å². The minimum atomic E-state index is -0.485. The molecule has 1 fully saturated rings. The van der Waals surface area contributed by atoms with Crippen molar-refractivity contribution in [3.8, 4) is 11.1 Å². The van der Waals surface area contributed by atoms with E-state index in [1.54, 1.807) is 17.0 Å². The summed E-state index contributed by atoms with van der Waals surface area (Å²) in [6.45, 7) is 4.52. The molecule has 2 aromatic rings. The molecule has 1 atom stereocenters. The average Bonchev–Trinajstić information content (AvgIpc) is 3.04. The number of primary amides is 1. The first-order chi connectivity index (χ1) is 11.5. The van der Waals surface area contributed by atoms with Gasteiger partial charge in [0.2, 0.25) is 5.91 Å². The van der Waals surface area contributed by atoms with Crippen molar-refractivity contribution in [3.63, 3.8) is 0 Å². The van der Waals surface area contributed by atoms with Gasteiger partial charge in [0.25, 0.3) is 5.91 Å². The van der Waals surface area contributed by atoms with Crippen molar-refractivity contribution >= 4 is 11.8 Å². The van der Waals surface area contributed by atoms with E-state index in [1.807, 2.05) is 38.1 Å². The minimum Gasteiger partial charge on any atom is -0.368 e. The van der Waals surface area contributed by atoms with Gasteiger partial charge < -0.3 is 10.6 Å². The smallest absolute Gasteiger partial charge is 0.254 e. The van der Waals surface area contributed by atoms with Gasteiger partial charge in [-0.05, 0) is 50.5 Å². The van der Waals surface area contributed by atoms with Crippen LogP contribution in [0, 0.1) is 13.8 Å². The Morgan fingerprint density at radius 1 is 1.12 bits per heavy atom. The third kappa shape index (κ3) is 3.02. The maximum Gasteiger partial charge on any atom is 0.254 e. The van der Waals surface area contributed by atoms with Gasteiger partial charge in [-0.3, -0.25) is 14.6 Å². The minimum absolute atomic E-state index is 0.137. The predicted octanol–water partition coefficient (Wildman–Crippen LogP) is 2.46. The van der Waals surface area contributed by atoms with Crippen molar-refractivity contribution in [2.24, 2.45) is 5.73 Å². The summed E-state index contributed by atoms with van der Waals surface area (Å²) in [5.41, 5.74) is 9.98. The van der Waals surface area contributed by atoms with Gasteiger partial charge in [-0.1, -0.05) is 18.2 Å². The van der Waals surface area contributed by atoms with Crippen LogP contribution < -0.4 is 5.73 Å². The molecule has 124 valence electrons. The Morgan fingerprint density at radius 3 is 2.46 bits per heavy atom. The van der Waals surface area contributed by atoms with Crippen molar-refractivity contribution < 1.29 is 9.59 Å². The van der Waals surface area contributed by atoms with Crippen molar-refractivity contribution in [1.29, 1.82) is 0 Å². The largest absolute Gasteiger partial charge is 0.368 e. The monoisotopic (exact) mass is 323 g/mol. The molecular weight excluding hydrogens is 302 g/mol. The molecule has 3 rings (SSSR count). The first-order valence-electron chi connectivity index (χ1n) is 8.12. The van der Waals surface area contributed by atoms with Gasteiger partial charge in [0.1, 0.15) is 6.04 Å². The molecule has 0 radical (unpaired) electrons. The van der Waals surface area contributed by atoms with Crippen LogP contribution in [0.15, 0.2) is 36.4 Å². The normalized spacial score (nSPS) is 17.1. The molecule has 0 spiro atoms. The molecule has 0 unspecified atom stereocenters. The summed E-state index contributed by atoms with van der Waals surface area (Å²) in [5.74, 6) is -0.569. The number of hydrogen-bond acceptors (Lipinski definition) is 3. The number of pyridine rings is 1. The zero-order valence-electron chi connectivity index (χ0n) is 14.0. The third-order valence-corrected chi connectivity index (χ3v) is 4.51. The fourth-order valence-electron chi connectivity index (χ4n) is 3.26. The number of nitrogens with two attached hydrogens (primary N) is 1. The molecule has 5 nitrogen and oxygen atoms in total. The Kier molecular flexibility index (Phi) is 4.34. The van der Waals surface area contributed by atoms with Crippen molar-refractivity contribution in [2.45, 2.75) is 32.7 Å². The number of likely N-dealkylation sites (tertiary alicyclic amines) is 1. The van der Waals surface area contributed by atoms with Gasteiger partial charge in [-0.15, -0.1) is 0 Å². The van der Waals surface area contributed by atoms with Gasteiger partial charge in [0, 0.05) is 29.1 Å². The fraction of sp³-hybridized carbons (Fsp3) is 0.316. The number of carbonyl (C=O) groups is 2. The van der Waals surface area contributed by atoms with Crippen LogP contribution in [0.5, 0.6) is 0 Å². The van der Waals surface area contributed by atoms with Crippen molar-refractivity contribution in [1.82, 2.24) is 9.88 Å². The summed E-state index contributed by atoms with van der Waals surface area (Å²) in [6, 6.07) is 11.0. The summed E-state index contributed by atoms with van der Waals surface area (Å²) in [5, 5.41) is 0. The number of benzene rings is 1. The van der Waals surface area contributed by atoms with Crippen LogP contribution in [-0.2, 0) is 4.79 Å². The maximum atomic E-state index is 12.6. The lowest BCUT2D eigenvalue weighted by Crippen LogP contribution is -2.43. The SMILES string of the molecule is Cc1ccc(-c2ccc(C(=O)N3CCC[C@H]3C(N)=O)cc2)c(C)n1.